The van der Waals surface area contributed by atoms with E-state index in [0.29, 0.717) is 5.92 Å². The molecule has 18 heavy (non-hydrogen) atoms. The number of hydrogen-bond donors (Lipinski definition) is 0. The van der Waals surface area contributed by atoms with Gasteiger partial charge in [-0.15, -0.1) is 0 Å². The molecule has 2 rings (SSSR count). The molecule has 0 aliphatic heterocycles. The Hall–Kier alpha value is -1.77. The van der Waals surface area contributed by atoms with Crippen LogP contribution in [0.3, 0.4) is 0 Å². The predicted octanol–water partition coefficient (Wildman–Crippen LogP) is 3.67. The topological polar surface area (TPSA) is 38.7 Å². The lowest BCUT2D eigenvalue weighted by Crippen LogP contribution is -2.02. The Balaban J connectivity index is 2.52. The lowest BCUT2D eigenvalue weighted by molar-refractivity contribution is 0.706. The Morgan fingerprint density at radius 3 is 2.39 bits per heavy atom. The van der Waals surface area contributed by atoms with Crippen LogP contribution in [0.25, 0.3) is 11.4 Å². The lowest BCUT2D eigenvalue weighted by atomic mass is 9.98. The van der Waals surface area contributed by atoms with Crippen LogP contribution < -0.4 is 0 Å². The minimum atomic E-state index is 0.421. The molecule has 3 heteroatoms. The van der Waals surface area contributed by atoms with E-state index in [4.69, 9.17) is 0 Å². The molecule has 0 bridgehead atoms. The standard InChI is InChI=1S/C15H19N3/c1-5-11(3)14-13(7-6-12(4)18-14)15-16-8-10(2)9-17-15/h6-9,11H,5H2,1-4H3. The van der Waals surface area contributed by atoms with Crippen molar-refractivity contribution >= 4 is 0 Å². The van der Waals surface area contributed by atoms with Gasteiger partial charge in [0, 0.05) is 23.7 Å². The average molecular weight is 241 g/mol. The molecule has 0 N–H and O–H groups in total. The summed E-state index contributed by atoms with van der Waals surface area (Å²) in [6.45, 7) is 8.38. The van der Waals surface area contributed by atoms with Crippen molar-refractivity contribution in [3.63, 3.8) is 0 Å². The second kappa shape index (κ2) is 5.25. The molecule has 0 aliphatic carbocycles. The Bertz CT molecular complexity index is 532. The van der Waals surface area contributed by atoms with Gasteiger partial charge >= 0.3 is 0 Å². The van der Waals surface area contributed by atoms with E-state index >= 15 is 0 Å². The third-order valence-electron chi connectivity index (χ3n) is 3.16. The summed E-state index contributed by atoms with van der Waals surface area (Å²) >= 11 is 0. The van der Waals surface area contributed by atoms with Crippen molar-refractivity contribution in [3.05, 3.63) is 41.5 Å². The average Bonchev–Trinajstić information content (AvgIpc) is 2.39. The molecular formula is C15H19N3. The lowest BCUT2D eigenvalue weighted by Gasteiger charge is -2.13. The fourth-order valence-electron chi connectivity index (χ4n) is 1.87. The van der Waals surface area contributed by atoms with Crippen LogP contribution in [0.1, 0.15) is 43.1 Å². The maximum atomic E-state index is 4.66. The molecule has 0 amide bonds. The van der Waals surface area contributed by atoms with Crippen molar-refractivity contribution in [3.8, 4) is 11.4 Å². The minimum absolute atomic E-state index is 0.421. The van der Waals surface area contributed by atoms with Crippen LogP contribution in [0.15, 0.2) is 24.5 Å². The van der Waals surface area contributed by atoms with Gasteiger partial charge in [0.25, 0.3) is 0 Å². The molecule has 0 saturated heterocycles. The highest BCUT2D eigenvalue weighted by molar-refractivity contribution is 5.59. The molecule has 94 valence electrons. The van der Waals surface area contributed by atoms with Gasteiger partial charge in [-0.1, -0.05) is 13.8 Å². The monoisotopic (exact) mass is 241 g/mol. The van der Waals surface area contributed by atoms with E-state index in [-0.39, 0.29) is 0 Å². The third kappa shape index (κ3) is 2.55. The molecule has 3 nitrogen and oxygen atoms in total. The van der Waals surface area contributed by atoms with Crippen LogP contribution in [-0.4, -0.2) is 15.0 Å². The van der Waals surface area contributed by atoms with E-state index in [0.717, 1.165) is 34.8 Å². The molecular weight excluding hydrogens is 222 g/mol. The van der Waals surface area contributed by atoms with Crippen molar-refractivity contribution in [1.29, 1.82) is 0 Å². The zero-order valence-electron chi connectivity index (χ0n) is 11.4. The third-order valence-corrected chi connectivity index (χ3v) is 3.16. The summed E-state index contributed by atoms with van der Waals surface area (Å²) in [5, 5.41) is 0. The normalized spacial score (nSPS) is 12.4. The summed E-state index contributed by atoms with van der Waals surface area (Å²) < 4.78 is 0. The van der Waals surface area contributed by atoms with E-state index in [1.165, 1.54) is 0 Å². The first-order valence-corrected chi connectivity index (χ1v) is 6.38. The second-order valence-corrected chi connectivity index (χ2v) is 4.78. The van der Waals surface area contributed by atoms with Crippen LogP contribution in [-0.2, 0) is 0 Å². The molecule has 2 aromatic heterocycles. The van der Waals surface area contributed by atoms with Crippen LogP contribution >= 0.6 is 0 Å². The summed E-state index contributed by atoms with van der Waals surface area (Å²) in [7, 11) is 0. The van der Waals surface area contributed by atoms with Crippen molar-refractivity contribution in [2.45, 2.75) is 40.0 Å². The quantitative estimate of drug-likeness (QED) is 0.823. The number of hydrogen-bond acceptors (Lipinski definition) is 3. The van der Waals surface area contributed by atoms with Crippen molar-refractivity contribution in [1.82, 2.24) is 15.0 Å². The SMILES string of the molecule is CCC(C)c1nc(C)ccc1-c1ncc(C)cn1. The molecule has 1 unspecified atom stereocenters. The van der Waals surface area contributed by atoms with Gasteiger partial charge in [0.05, 0.1) is 5.69 Å². The molecule has 1 atom stereocenters. The molecule has 2 heterocycles. The molecule has 0 aromatic carbocycles. The number of rotatable bonds is 3. The van der Waals surface area contributed by atoms with Gasteiger partial charge in [0.15, 0.2) is 5.82 Å². The van der Waals surface area contributed by atoms with E-state index in [1.54, 1.807) is 0 Å². The molecule has 0 saturated carbocycles. The maximum Gasteiger partial charge on any atom is 0.160 e. The highest BCUT2D eigenvalue weighted by atomic mass is 14.9. The Morgan fingerprint density at radius 2 is 1.78 bits per heavy atom. The molecule has 0 spiro atoms. The van der Waals surface area contributed by atoms with E-state index in [9.17, 15) is 0 Å². The molecule has 0 fully saturated rings. The van der Waals surface area contributed by atoms with E-state index in [2.05, 4.69) is 34.9 Å². The Labute approximate surface area is 108 Å². The summed E-state index contributed by atoms with van der Waals surface area (Å²) in [5.74, 6) is 1.19. The van der Waals surface area contributed by atoms with Gasteiger partial charge in [-0.2, -0.15) is 0 Å². The molecule has 0 radical (unpaired) electrons. The first-order valence-electron chi connectivity index (χ1n) is 6.38. The first-order chi connectivity index (χ1) is 8.61. The summed E-state index contributed by atoms with van der Waals surface area (Å²) in [5.41, 5.74) is 4.27. The summed E-state index contributed by atoms with van der Waals surface area (Å²) in [6, 6.07) is 4.10. The predicted molar refractivity (Wildman–Crippen MR) is 73.4 cm³/mol. The van der Waals surface area contributed by atoms with Crippen molar-refractivity contribution < 1.29 is 0 Å². The highest BCUT2D eigenvalue weighted by Crippen LogP contribution is 2.27. The molecule has 0 aliphatic rings. The van der Waals surface area contributed by atoms with Gasteiger partial charge in [0.1, 0.15) is 0 Å². The fourth-order valence-corrected chi connectivity index (χ4v) is 1.87. The number of pyridine rings is 1. The summed E-state index contributed by atoms with van der Waals surface area (Å²) in [4.78, 5) is 13.5. The number of nitrogens with zero attached hydrogens (tertiary/aromatic N) is 3. The van der Waals surface area contributed by atoms with Gasteiger partial charge in [-0.05, 0) is 43.9 Å². The minimum Gasteiger partial charge on any atom is -0.257 e. The first kappa shape index (κ1) is 12.7. The van der Waals surface area contributed by atoms with Crippen LogP contribution in [0, 0.1) is 13.8 Å². The summed E-state index contributed by atoms with van der Waals surface area (Å²) in [6.07, 6.45) is 4.76. The highest BCUT2D eigenvalue weighted by Gasteiger charge is 2.14. The van der Waals surface area contributed by atoms with Gasteiger partial charge in [-0.3, -0.25) is 4.98 Å². The van der Waals surface area contributed by atoms with Crippen LogP contribution in [0.5, 0.6) is 0 Å². The zero-order chi connectivity index (χ0) is 13.1. The second-order valence-electron chi connectivity index (χ2n) is 4.78. The van der Waals surface area contributed by atoms with E-state index in [1.807, 2.05) is 32.3 Å². The van der Waals surface area contributed by atoms with Gasteiger partial charge in [0.2, 0.25) is 0 Å². The van der Waals surface area contributed by atoms with Crippen molar-refractivity contribution in [2.24, 2.45) is 0 Å². The van der Waals surface area contributed by atoms with Crippen LogP contribution in [0.2, 0.25) is 0 Å². The largest absolute Gasteiger partial charge is 0.257 e. The van der Waals surface area contributed by atoms with E-state index < -0.39 is 0 Å². The Kier molecular flexibility index (Phi) is 3.70. The van der Waals surface area contributed by atoms with Crippen LogP contribution in [0.4, 0.5) is 0 Å². The number of aryl methyl sites for hydroxylation is 2. The smallest absolute Gasteiger partial charge is 0.160 e. The van der Waals surface area contributed by atoms with Gasteiger partial charge < -0.3 is 0 Å². The zero-order valence-corrected chi connectivity index (χ0v) is 11.4. The maximum absolute atomic E-state index is 4.66. The number of aromatic nitrogens is 3. The fraction of sp³-hybridized carbons (Fsp3) is 0.400. The van der Waals surface area contributed by atoms with Gasteiger partial charge in [-0.25, -0.2) is 9.97 Å². The molecule has 2 aromatic rings. The van der Waals surface area contributed by atoms with Crippen molar-refractivity contribution in [2.75, 3.05) is 0 Å². The Morgan fingerprint density at radius 1 is 1.11 bits per heavy atom.